The summed E-state index contributed by atoms with van der Waals surface area (Å²) >= 11 is 0. The van der Waals surface area contributed by atoms with Crippen molar-refractivity contribution in [2.24, 2.45) is 0 Å². The first kappa shape index (κ1) is 44.5. The molecule has 0 bridgehead atoms. The molecule has 0 aromatic heterocycles. The highest BCUT2D eigenvalue weighted by atomic mass is 28.4. The molecule has 286 valence electrons. The van der Waals surface area contributed by atoms with Crippen molar-refractivity contribution in [3.05, 3.63) is 12.2 Å². The van der Waals surface area contributed by atoms with Gasteiger partial charge in [-0.3, -0.25) is 9.59 Å². The molecule has 2 heterocycles. The highest BCUT2D eigenvalue weighted by Gasteiger charge is 2.56. The Balaban J connectivity index is 2.79. The van der Waals surface area contributed by atoms with E-state index in [1.54, 1.807) is 6.08 Å². The van der Waals surface area contributed by atoms with E-state index in [4.69, 9.17) is 27.5 Å². The van der Waals surface area contributed by atoms with Gasteiger partial charge in [-0.1, -0.05) is 88.2 Å². The zero-order chi connectivity index (χ0) is 36.7. The van der Waals surface area contributed by atoms with Crippen LogP contribution in [0.4, 0.5) is 0 Å². The van der Waals surface area contributed by atoms with Crippen molar-refractivity contribution in [3.63, 3.8) is 0 Å². The smallest absolute Gasteiger partial charge is 0.308 e. The first-order valence-corrected chi connectivity index (χ1v) is 27.7. The molecule has 0 aromatic rings. The largest absolute Gasteiger partial charge is 0.469 e. The number of hydrogen-bond donors (Lipinski definition) is 0. The Bertz CT molecular complexity index is 973. The SMILES string of the molecule is CCCCCC(=O)/C=C/[C@H](O[Si](CC)(CC)CC)[C@@H]1O[C@H]2CC[C@H](CC(=O)OC)O[C@@H]2[C@H](O[Si](CC)(CC)CC)[C@@H]1O[Si](CC)(CC)CC. The minimum Gasteiger partial charge on any atom is -0.469 e. The Kier molecular flexibility index (Phi) is 19.8. The molecule has 0 aliphatic carbocycles. The van der Waals surface area contributed by atoms with Crippen LogP contribution in [0.15, 0.2) is 12.2 Å². The van der Waals surface area contributed by atoms with Crippen molar-refractivity contribution >= 4 is 36.7 Å². The summed E-state index contributed by atoms with van der Waals surface area (Å²) in [6.45, 7) is 22.5. The Hall–Kier alpha value is -0.669. The second-order valence-corrected chi connectivity index (χ2v) is 28.6. The lowest BCUT2D eigenvalue weighted by Gasteiger charge is -2.55. The van der Waals surface area contributed by atoms with Crippen molar-refractivity contribution in [1.82, 2.24) is 0 Å². The molecule has 0 amide bonds. The van der Waals surface area contributed by atoms with Crippen LogP contribution in [-0.4, -0.2) is 86.5 Å². The lowest BCUT2D eigenvalue weighted by Crippen LogP contribution is -2.68. The van der Waals surface area contributed by atoms with E-state index in [1.165, 1.54) is 7.11 Å². The number of carbonyl (C=O) groups is 2. The molecule has 49 heavy (non-hydrogen) atoms. The average molecular weight is 743 g/mol. The van der Waals surface area contributed by atoms with Crippen LogP contribution in [0.2, 0.25) is 54.4 Å². The zero-order valence-corrected chi connectivity index (χ0v) is 36.3. The predicted molar refractivity (Wildman–Crippen MR) is 208 cm³/mol. The lowest BCUT2D eigenvalue weighted by atomic mass is 9.87. The molecule has 2 aliphatic heterocycles. The van der Waals surface area contributed by atoms with Crippen LogP contribution < -0.4 is 0 Å². The number of methoxy groups -OCH3 is 1. The number of allylic oxidation sites excluding steroid dienone is 1. The third-order valence-electron chi connectivity index (χ3n) is 12.2. The van der Waals surface area contributed by atoms with Gasteiger partial charge in [-0.15, -0.1) is 0 Å². The molecule has 11 heteroatoms. The maximum atomic E-state index is 13.2. The van der Waals surface area contributed by atoms with Gasteiger partial charge in [-0.2, -0.15) is 0 Å². The van der Waals surface area contributed by atoms with Crippen molar-refractivity contribution in [2.75, 3.05) is 7.11 Å². The fraction of sp³-hybridized carbons (Fsp3) is 0.895. The molecule has 0 spiro atoms. The molecular weight excluding hydrogens is 669 g/mol. The first-order valence-electron chi connectivity index (χ1n) is 20.1. The molecule has 0 unspecified atom stereocenters. The van der Waals surface area contributed by atoms with Gasteiger partial charge in [0.05, 0.1) is 31.8 Å². The summed E-state index contributed by atoms with van der Waals surface area (Å²) in [6.07, 6.45) is 6.45. The van der Waals surface area contributed by atoms with Gasteiger partial charge in [0.15, 0.2) is 30.7 Å². The monoisotopic (exact) mass is 742 g/mol. The van der Waals surface area contributed by atoms with Crippen LogP contribution in [0.25, 0.3) is 0 Å². The molecule has 2 aliphatic rings. The predicted octanol–water partition coefficient (Wildman–Crippen LogP) is 9.74. The summed E-state index contributed by atoms with van der Waals surface area (Å²) < 4.78 is 41.5. The van der Waals surface area contributed by atoms with Gasteiger partial charge in [-0.05, 0) is 79.7 Å². The summed E-state index contributed by atoms with van der Waals surface area (Å²) in [4.78, 5) is 25.6. The van der Waals surface area contributed by atoms with Crippen molar-refractivity contribution < 1.29 is 37.1 Å². The summed E-state index contributed by atoms with van der Waals surface area (Å²) in [6, 6.07) is 8.94. The topological polar surface area (TPSA) is 89.5 Å². The molecule has 2 fully saturated rings. The average Bonchev–Trinajstić information content (AvgIpc) is 3.14. The third kappa shape index (κ3) is 11.9. The van der Waals surface area contributed by atoms with Crippen LogP contribution in [0, 0.1) is 0 Å². The van der Waals surface area contributed by atoms with Crippen LogP contribution in [0.3, 0.4) is 0 Å². The number of fused-ring (bicyclic) bond motifs is 1. The van der Waals surface area contributed by atoms with Crippen LogP contribution >= 0.6 is 0 Å². The highest BCUT2D eigenvalue weighted by Crippen LogP contribution is 2.42. The zero-order valence-electron chi connectivity index (χ0n) is 33.3. The quantitative estimate of drug-likeness (QED) is 0.0418. The van der Waals surface area contributed by atoms with Crippen LogP contribution in [0.1, 0.15) is 114 Å². The number of carbonyl (C=O) groups excluding carboxylic acids is 2. The van der Waals surface area contributed by atoms with E-state index < -0.39 is 43.3 Å². The summed E-state index contributed by atoms with van der Waals surface area (Å²) in [7, 11) is -5.10. The standard InChI is InChI=1S/C38H74O8Si3/c1-12-22-23-24-30(39)25-27-33(44-47(13-2,14-3)15-4)36-38(46-49(19-8,20-9)21-10)37(45-48(16-5,17-6)18-7)35-32(43-36)28-26-31(42-35)29-34(40)41-11/h25,27,31-33,35-38H,12-24,26,28-29H2,1-11H3/b27-25+/t31-,32+,33+,35+,36+,37+,38-/m1/s1. The van der Waals surface area contributed by atoms with E-state index in [2.05, 4.69) is 69.2 Å². The number of ketones is 1. The molecule has 0 N–H and O–H groups in total. The van der Waals surface area contributed by atoms with E-state index in [0.717, 1.165) is 80.1 Å². The van der Waals surface area contributed by atoms with Gasteiger partial charge in [0.2, 0.25) is 0 Å². The minimum absolute atomic E-state index is 0.137. The van der Waals surface area contributed by atoms with Crippen molar-refractivity contribution in [1.29, 1.82) is 0 Å². The van der Waals surface area contributed by atoms with Gasteiger partial charge in [0.25, 0.3) is 0 Å². The molecule has 8 nitrogen and oxygen atoms in total. The maximum Gasteiger partial charge on any atom is 0.308 e. The summed E-state index contributed by atoms with van der Waals surface area (Å²) in [5.41, 5.74) is 0. The number of hydrogen-bond acceptors (Lipinski definition) is 8. The molecular formula is C38H74O8Si3. The Morgan fingerprint density at radius 1 is 0.714 bits per heavy atom. The lowest BCUT2D eigenvalue weighted by molar-refractivity contribution is -0.266. The van der Waals surface area contributed by atoms with E-state index >= 15 is 0 Å². The van der Waals surface area contributed by atoms with Gasteiger partial charge < -0.3 is 27.5 Å². The Labute approximate surface area is 303 Å². The maximum absolute atomic E-state index is 13.2. The van der Waals surface area contributed by atoms with Crippen molar-refractivity contribution in [3.8, 4) is 0 Å². The normalized spacial score (nSPS) is 25.7. The van der Waals surface area contributed by atoms with E-state index in [1.807, 2.05) is 6.08 Å². The van der Waals surface area contributed by atoms with Crippen molar-refractivity contribution in [2.45, 2.75) is 211 Å². The Morgan fingerprint density at radius 2 is 1.24 bits per heavy atom. The molecule has 0 aromatic carbocycles. The number of esters is 1. The molecule has 0 saturated carbocycles. The third-order valence-corrected chi connectivity index (χ3v) is 26.1. The molecule has 2 saturated heterocycles. The number of unbranched alkanes of at least 4 members (excludes halogenated alkanes) is 2. The van der Waals surface area contributed by atoms with Gasteiger partial charge in [0.1, 0.15) is 24.4 Å². The van der Waals surface area contributed by atoms with E-state index in [0.29, 0.717) is 12.8 Å². The van der Waals surface area contributed by atoms with Gasteiger partial charge in [-0.25, -0.2) is 0 Å². The van der Waals surface area contributed by atoms with Crippen LogP contribution in [-0.2, 0) is 37.1 Å². The second-order valence-electron chi connectivity index (χ2n) is 14.5. The minimum atomic E-state index is -2.21. The molecule has 0 radical (unpaired) electrons. The Morgan fingerprint density at radius 3 is 1.73 bits per heavy atom. The molecule has 2 rings (SSSR count). The highest BCUT2D eigenvalue weighted by molar-refractivity contribution is 6.74. The van der Waals surface area contributed by atoms with Gasteiger partial charge in [0, 0.05) is 6.42 Å². The van der Waals surface area contributed by atoms with Gasteiger partial charge >= 0.3 is 5.97 Å². The number of ether oxygens (including phenoxy) is 3. The summed E-state index contributed by atoms with van der Waals surface area (Å²) in [5.74, 6) is -0.127. The van der Waals surface area contributed by atoms with E-state index in [9.17, 15) is 9.59 Å². The second kappa shape index (κ2) is 21.8. The number of rotatable bonds is 24. The fourth-order valence-corrected chi connectivity index (χ4v) is 16.3. The summed E-state index contributed by atoms with van der Waals surface area (Å²) in [5, 5.41) is 0. The first-order chi connectivity index (χ1) is 23.5. The van der Waals surface area contributed by atoms with Crippen LogP contribution in [0.5, 0.6) is 0 Å². The van der Waals surface area contributed by atoms with E-state index in [-0.39, 0.29) is 42.6 Å². The fourth-order valence-electron chi connectivity index (χ4n) is 7.85. The molecule has 7 atom stereocenters.